The fourth-order valence-electron chi connectivity index (χ4n) is 2.51. The number of nitrogens with zero attached hydrogens (tertiary/aromatic N) is 1. The molecule has 2 heteroatoms. The van der Waals surface area contributed by atoms with Crippen LogP contribution in [0, 0.1) is 23.7 Å². The second-order valence-corrected chi connectivity index (χ2v) is 5.91. The van der Waals surface area contributed by atoms with Crippen LogP contribution in [0.3, 0.4) is 0 Å². The molecular weight excluding hydrogens is 244 g/mol. The maximum Gasteiger partial charge on any atom is 0.0768 e. The van der Waals surface area contributed by atoms with E-state index in [2.05, 4.69) is 57.6 Å². The summed E-state index contributed by atoms with van der Waals surface area (Å²) in [4.78, 5) is 2.53. The van der Waals surface area contributed by atoms with E-state index in [1.54, 1.807) is 0 Å². The van der Waals surface area contributed by atoms with E-state index in [0.29, 0.717) is 0 Å². The van der Waals surface area contributed by atoms with E-state index in [9.17, 15) is 0 Å². The van der Waals surface area contributed by atoms with E-state index in [4.69, 9.17) is 5.73 Å². The SMILES string of the molecule is C=C.CC#CC(C)(C)N1CCC(C(C)C)CC1.CCN. The molecule has 1 aliphatic rings. The van der Waals surface area contributed by atoms with Gasteiger partial charge < -0.3 is 5.73 Å². The largest absolute Gasteiger partial charge is 0.331 e. The lowest BCUT2D eigenvalue weighted by atomic mass is 9.85. The van der Waals surface area contributed by atoms with E-state index >= 15 is 0 Å². The lowest BCUT2D eigenvalue weighted by molar-refractivity contribution is 0.0970. The molecule has 2 nitrogen and oxygen atoms in total. The minimum Gasteiger partial charge on any atom is -0.331 e. The van der Waals surface area contributed by atoms with Gasteiger partial charge in [0.15, 0.2) is 0 Å². The first-order valence-electron chi connectivity index (χ1n) is 7.78. The zero-order chi connectivity index (χ0) is 16.2. The Morgan fingerprint density at radius 3 is 1.95 bits per heavy atom. The van der Waals surface area contributed by atoms with Crippen LogP contribution in [-0.2, 0) is 0 Å². The predicted octanol–water partition coefficient (Wildman–Crippen LogP) is 3.92. The van der Waals surface area contributed by atoms with Gasteiger partial charge in [0, 0.05) is 0 Å². The standard InChI is InChI=1S/C14H25N.C2H7N.C2H4/c1-6-9-14(4,5)15-10-7-13(8-11-15)12(2)3;1-2-3;1-2/h12-13H,7-8,10-11H2,1-5H3;2-3H2,1H3;1-2H2. The number of hydrogen-bond acceptors (Lipinski definition) is 2. The molecule has 2 N–H and O–H groups in total. The van der Waals surface area contributed by atoms with Crippen molar-refractivity contribution in [2.75, 3.05) is 19.6 Å². The van der Waals surface area contributed by atoms with Gasteiger partial charge in [-0.1, -0.05) is 26.7 Å². The number of rotatable bonds is 2. The van der Waals surface area contributed by atoms with Crippen LogP contribution in [0.1, 0.15) is 54.4 Å². The highest BCUT2D eigenvalue weighted by Crippen LogP contribution is 2.28. The van der Waals surface area contributed by atoms with E-state index < -0.39 is 0 Å². The van der Waals surface area contributed by atoms with Gasteiger partial charge in [0.05, 0.1) is 5.54 Å². The molecular formula is C18H36N2. The molecule has 0 radical (unpaired) electrons. The van der Waals surface area contributed by atoms with Gasteiger partial charge >= 0.3 is 0 Å². The average Bonchev–Trinajstić information content (AvgIpc) is 2.42. The molecule has 1 rings (SSSR count). The van der Waals surface area contributed by atoms with Crippen molar-refractivity contribution in [3.63, 3.8) is 0 Å². The van der Waals surface area contributed by atoms with Crippen LogP contribution in [-0.4, -0.2) is 30.1 Å². The summed E-state index contributed by atoms with van der Waals surface area (Å²) in [6.45, 7) is 22.2. The van der Waals surface area contributed by atoms with Gasteiger partial charge in [-0.25, -0.2) is 0 Å². The quantitative estimate of drug-likeness (QED) is 0.613. The fourth-order valence-corrected chi connectivity index (χ4v) is 2.51. The summed E-state index contributed by atoms with van der Waals surface area (Å²) >= 11 is 0. The molecule has 0 amide bonds. The van der Waals surface area contributed by atoms with Gasteiger partial charge in [0.25, 0.3) is 0 Å². The van der Waals surface area contributed by atoms with Gasteiger partial charge in [-0.15, -0.1) is 19.1 Å². The summed E-state index contributed by atoms with van der Waals surface area (Å²) < 4.78 is 0. The Balaban J connectivity index is 0. The summed E-state index contributed by atoms with van der Waals surface area (Å²) in [6.07, 6.45) is 2.68. The molecule has 0 atom stereocenters. The highest BCUT2D eigenvalue weighted by atomic mass is 15.2. The molecule has 118 valence electrons. The van der Waals surface area contributed by atoms with Crippen LogP contribution in [0.4, 0.5) is 0 Å². The van der Waals surface area contributed by atoms with Gasteiger partial charge in [0.1, 0.15) is 0 Å². The van der Waals surface area contributed by atoms with Gasteiger partial charge in [0.2, 0.25) is 0 Å². The number of likely N-dealkylation sites (tertiary alicyclic amines) is 1. The lowest BCUT2D eigenvalue weighted by Gasteiger charge is -2.41. The molecule has 1 heterocycles. The van der Waals surface area contributed by atoms with Crippen molar-refractivity contribution in [1.82, 2.24) is 4.90 Å². The Labute approximate surface area is 127 Å². The molecule has 0 bridgehead atoms. The number of nitrogens with two attached hydrogens (primary N) is 1. The molecule has 0 aromatic heterocycles. The summed E-state index contributed by atoms with van der Waals surface area (Å²) in [7, 11) is 0. The average molecular weight is 280 g/mol. The molecule has 1 fully saturated rings. The minimum absolute atomic E-state index is 0.0662. The summed E-state index contributed by atoms with van der Waals surface area (Å²) in [5.74, 6) is 8.12. The fraction of sp³-hybridized carbons (Fsp3) is 0.778. The first-order valence-corrected chi connectivity index (χ1v) is 7.78. The van der Waals surface area contributed by atoms with Crippen molar-refractivity contribution in [2.45, 2.75) is 59.9 Å². The minimum atomic E-state index is 0.0662. The van der Waals surface area contributed by atoms with E-state index in [0.717, 1.165) is 18.4 Å². The summed E-state index contributed by atoms with van der Waals surface area (Å²) in [5, 5.41) is 0. The zero-order valence-electron chi connectivity index (χ0n) is 14.6. The van der Waals surface area contributed by atoms with Crippen LogP contribution in [0.2, 0.25) is 0 Å². The predicted molar refractivity (Wildman–Crippen MR) is 92.6 cm³/mol. The van der Waals surface area contributed by atoms with E-state index in [1.165, 1.54) is 25.9 Å². The number of piperidine rings is 1. The first-order chi connectivity index (χ1) is 9.38. The number of hydrogen-bond donors (Lipinski definition) is 1. The smallest absolute Gasteiger partial charge is 0.0768 e. The van der Waals surface area contributed by atoms with Crippen LogP contribution in [0.25, 0.3) is 0 Å². The zero-order valence-corrected chi connectivity index (χ0v) is 14.6. The third-order valence-electron chi connectivity index (χ3n) is 3.70. The van der Waals surface area contributed by atoms with Crippen molar-refractivity contribution in [1.29, 1.82) is 0 Å². The Hall–Kier alpha value is -0.780. The van der Waals surface area contributed by atoms with Crippen LogP contribution >= 0.6 is 0 Å². The molecule has 0 aromatic carbocycles. The van der Waals surface area contributed by atoms with Gasteiger partial charge in [-0.3, -0.25) is 4.90 Å². The Morgan fingerprint density at radius 2 is 1.65 bits per heavy atom. The van der Waals surface area contributed by atoms with E-state index in [1.807, 2.05) is 13.8 Å². The molecule has 0 spiro atoms. The van der Waals surface area contributed by atoms with Crippen molar-refractivity contribution < 1.29 is 0 Å². The van der Waals surface area contributed by atoms with Crippen molar-refractivity contribution in [3.05, 3.63) is 13.2 Å². The summed E-state index contributed by atoms with van der Waals surface area (Å²) in [5.41, 5.74) is 4.91. The Morgan fingerprint density at radius 1 is 1.25 bits per heavy atom. The van der Waals surface area contributed by atoms with Crippen LogP contribution < -0.4 is 5.73 Å². The monoisotopic (exact) mass is 280 g/mol. The molecule has 1 saturated heterocycles. The third kappa shape index (κ3) is 8.40. The summed E-state index contributed by atoms with van der Waals surface area (Å²) in [6, 6.07) is 0. The Kier molecular flexibility index (Phi) is 12.9. The molecule has 20 heavy (non-hydrogen) atoms. The lowest BCUT2D eigenvalue weighted by Crippen LogP contribution is -2.47. The molecule has 0 aliphatic carbocycles. The van der Waals surface area contributed by atoms with Crippen LogP contribution in [0.5, 0.6) is 0 Å². The molecule has 1 aliphatic heterocycles. The highest BCUT2D eigenvalue weighted by Gasteiger charge is 2.29. The van der Waals surface area contributed by atoms with E-state index in [-0.39, 0.29) is 5.54 Å². The van der Waals surface area contributed by atoms with Gasteiger partial charge in [-0.05, 0) is 65.1 Å². The maximum absolute atomic E-state index is 4.85. The highest BCUT2D eigenvalue weighted by molar-refractivity contribution is 5.13. The second-order valence-electron chi connectivity index (χ2n) is 5.91. The molecule has 0 unspecified atom stereocenters. The topological polar surface area (TPSA) is 29.3 Å². The van der Waals surface area contributed by atoms with Crippen molar-refractivity contribution in [2.24, 2.45) is 17.6 Å². The molecule has 0 aromatic rings. The first kappa shape index (κ1) is 21.5. The van der Waals surface area contributed by atoms with Crippen LogP contribution in [0.15, 0.2) is 13.2 Å². The van der Waals surface area contributed by atoms with Gasteiger partial charge in [-0.2, -0.15) is 0 Å². The normalized spacial score (nSPS) is 16.2. The second kappa shape index (κ2) is 12.0. The maximum atomic E-state index is 4.85. The Bertz CT molecular complexity index is 276. The third-order valence-corrected chi connectivity index (χ3v) is 3.70. The van der Waals surface area contributed by atoms with Crippen molar-refractivity contribution >= 4 is 0 Å². The van der Waals surface area contributed by atoms with Crippen molar-refractivity contribution in [3.8, 4) is 11.8 Å². The molecule has 0 saturated carbocycles.